The van der Waals surface area contributed by atoms with E-state index < -0.39 is 0 Å². The molecule has 0 spiro atoms. The van der Waals surface area contributed by atoms with Crippen molar-refractivity contribution in [1.29, 1.82) is 0 Å². The summed E-state index contributed by atoms with van der Waals surface area (Å²) in [7, 11) is 0. The highest BCUT2D eigenvalue weighted by molar-refractivity contribution is 5.38. The number of hydrogen-bond donors (Lipinski definition) is 0. The molecule has 2 heteroatoms. The average molecular weight is 268 g/mol. The van der Waals surface area contributed by atoms with E-state index in [4.69, 9.17) is 0 Å². The van der Waals surface area contributed by atoms with Gasteiger partial charge in [-0.05, 0) is 13.0 Å². The van der Waals surface area contributed by atoms with Gasteiger partial charge in [-0.25, -0.2) is 0 Å². The van der Waals surface area contributed by atoms with Crippen LogP contribution in [-0.2, 0) is 9.53 Å². The summed E-state index contributed by atoms with van der Waals surface area (Å²) in [6.07, 6.45) is 30.0. The molecule has 0 amide bonds. The first-order chi connectivity index (χ1) is 9.91. The van der Waals surface area contributed by atoms with Gasteiger partial charge in [0.25, 0.3) is 6.47 Å². The van der Waals surface area contributed by atoms with Crippen LogP contribution in [0.5, 0.6) is 0 Å². The van der Waals surface area contributed by atoms with Crippen LogP contribution in [0.2, 0.25) is 0 Å². The second-order valence-electron chi connectivity index (χ2n) is 3.40. The predicted octanol–water partition coefficient (Wildman–Crippen LogP) is 4.59. The van der Waals surface area contributed by atoms with Crippen LogP contribution in [0, 0.1) is 0 Å². The fourth-order valence-corrected chi connectivity index (χ4v) is 1.00. The molecule has 0 aromatic heterocycles. The van der Waals surface area contributed by atoms with Crippen molar-refractivity contribution < 1.29 is 9.53 Å². The summed E-state index contributed by atoms with van der Waals surface area (Å²) in [6.45, 7) is 2.36. The Labute approximate surface area is 121 Å². The molecule has 104 valence electrons. The van der Waals surface area contributed by atoms with Gasteiger partial charge in [-0.2, -0.15) is 0 Å². The van der Waals surface area contributed by atoms with Gasteiger partial charge in [0.15, 0.2) is 0 Å². The summed E-state index contributed by atoms with van der Waals surface area (Å²) < 4.78 is 4.37. The minimum absolute atomic E-state index is 0.375. The molecule has 0 bridgehead atoms. The summed E-state index contributed by atoms with van der Waals surface area (Å²) in [5, 5.41) is 0. The van der Waals surface area contributed by atoms with E-state index in [1.165, 1.54) is 6.26 Å². The fourth-order valence-electron chi connectivity index (χ4n) is 1.00. The Morgan fingerprint density at radius 1 is 0.550 bits per heavy atom. The molecule has 0 fully saturated rings. The average Bonchev–Trinajstić information content (AvgIpc) is 2.47. The summed E-state index contributed by atoms with van der Waals surface area (Å²) in [6, 6.07) is 0. The van der Waals surface area contributed by atoms with Gasteiger partial charge in [0.2, 0.25) is 0 Å². The van der Waals surface area contributed by atoms with Gasteiger partial charge in [0.05, 0.1) is 6.26 Å². The maximum atomic E-state index is 9.81. The molecule has 0 N–H and O–H groups in total. The van der Waals surface area contributed by atoms with Crippen LogP contribution in [0.1, 0.15) is 6.92 Å². The molecule has 0 unspecified atom stereocenters. The van der Waals surface area contributed by atoms with E-state index in [9.17, 15) is 4.79 Å². The van der Waals surface area contributed by atoms with Crippen molar-refractivity contribution in [3.05, 3.63) is 97.4 Å². The lowest BCUT2D eigenvalue weighted by Gasteiger charge is -1.78. The maximum absolute atomic E-state index is 9.81. The highest BCUT2D eigenvalue weighted by Crippen LogP contribution is 1.86. The highest BCUT2D eigenvalue weighted by atomic mass is 16.5. The van der Waals surface area contributed by atoms with E-state index >= 15 is 0 Å². The van der Waals surface area contributed by atoms with Gasteiger partial charge in [0.1, 0.15) is 0 Å². The van der Waals surface area contributed by atoms with Gasteiger partial charge < -0.3 is 4.74 Å². The van der Waals surface area contributed by atoms with E-state index in [-0.39, 0.29) is 0 Å². The van der Waals surface area contributed by atoms with E-state index in [2.05, 4.69) is 4.74 Å². The van der Waals surface area contributed by atoms with Crippen molar-refractivity contribution in [2.24, 2.45) is 0 Å². The number of allylic oxidation sites excluding steroid dienone is 15. The molecule has 0 aliphatic rings. The van der Waals surface area contributed by atoms with E-state index in [0.717, 1.165) is 0 Å². The molecule has 0 heterocycles. The lowest BCUT2D eigenvalue weighted by molar-refractivity contribution is -0.123. The van der Waals surface area contributed by atoms with E-state index in [1.54, 1.807) is 12.2 Å². The molecule has 0 saturated carbocycles. The third-order valence-corrected chi connectivity index (χ3v) is 1.85. The maximum Gasteiger partial charge on any atom is 0.297 e. The minimum Gasteiger partial charge on any atom is -0.437 e. The van der Waals surface area contributed by atoms with Gasteiger partial charge >= 0.3 is 0 Å². The van der Waals surface area contributed by atoms with Crippen molar-refractivity contribution in [2.45, 2.75) is 6.92 Å². The summed E-state index contributed by atoms with van der Waals surface area (Å²) in [5.41, 5.74) is 0. The van der Waals surface area contributed by atoms with Gasteiger partial charge in [-0.1, -0.05) is 85.1 Å². The van der Waals surface area contributed by atoms with Crippen LogP contribution in [0.25, 0.3) is 0 Å². The molecule has 0 radical (unpaired) electrons. The Balaban J connectivity index is 3.82. The lowest BCUT2D eigenvalue weighted by Crippen LogP contribution is -1.69. The second-order valence-corrected chi connectivity index (χ2v) is 3.40. The molecule has 0 aromatic carbocycles. The molecular formula is C18H20O2. The third kappa shape index (κ3) is 15.4. The Morgan fingerprint density at radius 3 is 1.25 bits per heavy atom. The smallest absolute Gasteiger partial charge is 0.297 e. The zero-order valence-electron chi connectivity index (χ0n) is 11.6. The molecule has 20 heavy (non-hydrogen) atoms. The number of ether oxygens (including phenoxy) is 1. The first kappa shape index (κ1) is 17.4. The zero-order chi connectivity index (χ0) is 14.7. The van der Waals surface area contributed by atoms with Crippen molar-refractivity contribution in [3.63, 3.8) is 0 Å². The molecule has 0 aliphatic carbocycles. The quantitative estimate of drug-likeness (QED) is 0.347. The highest BCUT2D eigenvalue weighted by Gasteiger charge is 1.66. The van der Waals surface area contributed by atoms with E-state index in [1.807, 2.05) is 85.9 Å². The summed E-state index contributed by atoms with van der Waals surface area (Å²) >= 11 is 0. The number of rotatable bonds is 9. The molecule has 0 aliphatic heterocycles. The topological polar surface area (TPSA) is 26.3 Å². The Hall–Kier alpha value is -2.61. The normalized spacial score (nSPS) is 13.8. The Morgan fingerprint density at radius 2 is 0.900 bits per heavy atom. The van der Waals surface area contributed by atoms with Crippen LogP contribution in [0.15, 0.2) is 97.4 Å². The molecule has 0 rings (SSSR count). The number of carbonyl (C=O) groups is 1. The summed E-state index contributed by atoms with van der Waals surface area (Å²) in [4.78, 5) is 9.81. The second kappa shape index (κ2) is 16.4. The van der Waals surface area contributed by atoms with Crippen LogP contribution >= 0.6 is 0 Å². The lowest BCUT2D eigenvalue weighted by atomic mass is 10.3. The van der Waals surface area contributed by atoms with Crippen molar-refractivity contribution in [2.75, 3.05) is 0 Å². The van der Waals surface area contributed by atoms with Crippen LogP contribution < -0.4 is 0 Å². The van der Waals surface area contributed by atoms with Crippen molar-refractivity contribution in [1.82, 2.24) is 0 Å². The molecule has 0 atom stereocenters. The molecular weight excluding hydrogens is 248 g/mol. The Kier molecular flexibility index (Phi) is 14.3. The minimum atomic E-state index is 0.375. The van der Waals surface area contributed by atoms with Gasteiger partial charge in [-0.3, -0.25) is 4.79 Å². The van der Waals surface area contributed by atoms with Crippen LogP contribution in [-0.4, -0.2) is 6.47 Å². The summed E-state index contributed by atoms with van der Waals surface area (Å²) in [5.74, 6) is 0. The van der Waals surface area contributed by atoms with Crippen LogP contribution in [0.3, 0.4) is 0 Å². The van der Waals surface area contributed by atoms with Gasteiger partial charge in [-0.15, -0.1) is 0 Å². The third-order valence-electron chi connectivity index (χ3n) is 1.85. The molecule has 2 nitrogen and oxygen atoms in total. The Bertz CT molecular complexity index is 456. The zero-order valence-corrected chi connectivity index (χ0v) is 11.6. The molecule has 0 aromatic rings. The number of hydrogen-bond acceptors (Lipinski definition) is 2. The predicted molar refractivity (Wildman–Crippen MR) is 85.9 cm³/mol. The largest absolute Gasteiger partial charge is 0.437 e. The van der Waals surface area contributed by atoms with E-state index in [0.29, 0.717) is 6.47 Å². The standard InChI is InChI=1S/C18H20O2/c1-2-3-4-5-6-7-8-9-10-11-12-13-14-15-16-17-20-18-19/h2-18H,1H3/b3-2+,5-4+,7-6+,9-8+,11-10+,13-12+,15-14+,17-16+. The van der Waals surface area contributed by atoms with Gasteiger partial charge in [0, 0.05) is 0 Å². The first-order valence-electron chi connectivity index (χ1n) is 6.28. The fraction of sp³-hybridized carbons (Fsp3) is 0.0556. The van der Waals surface area contributed by atoms with Crippen molar-refractivity contribution >= 4 is 6.47 Å². The van der Waals surface area contributed by atoms with Crippen molar-refractivity contribution in [3.8, 4) is 0 Å². The molecule has 0 saturated heterocycles. The van der Waals surface area contributed by atoms with Crippen LogP contribution in [0.4, 0.5) is 0 Å². The number of carbonyl (C=O) groups excluding carboxylic acids is 1. The monoisotopic (exact) mass is 268 g/mol. The SMILES string of the molecule is C/C=C/C=C/C=C/C=C/C=C/C=C/C=C/C=C/OC=O. The first-order valence-corrected chi connectivity index (χ1v) is 6.28.